The maximum atomic E-state index is 11.3. The molecule has 0 spiro atoms. The molecular weight excluding hydrogens is 276 g/mol. The van der Waals surface area contributed by atoms with Crippen molar-refractivity contribution in [2.24, 2.45) is 5.14 Å². The summed E-state index contributed by atoms with van der Waals surface area (Å²) in [6, 6.07) is 8.39. The van der Waals surface area contributed by atoms with Crippen LogP contribution in [0.4, 0.5) is 11.4 Å². The lowest BCUT2D eigenvalue weighted by Crippen LogP contribution is -2.14. The zero-order valence-electron chi connectivity index (χ0n) is 10.9. The molecule has 2 rings (SSSR count). The number of pyridine rings is 1. The molecule has 0 saturated heterocycles. The van der Waals surface area contributed by atoms with Gasteiger partial charge in [0.25, 0.3) is 0 Å². The van der Waals surface area contributed by atoms with E-state index in [1.165, 1.54) is 6.07 Å². The van der Waals surface area contributed by atoms with Crippen LogP contribution >= 0.6 is 0 Å². The second-order valence-corrected chi connectivity index (χ2v) is 5.98. The van der Waals surface area contributed by atoms with Crippen molar-refractivity contribution in [3.63, 3.8) is 0 Å². The molecule has 106 valence electrons. The third kappa shape index (κ3) is 3.25. The monoisotopic (exact) mass is 292 g/mol. The van der Waals surface area contributed by atoms with Crippen molar-refractivity contribution in [3.8, 4) is 0 Å². The summed E-state index contributed by atoms with van der Waals surface area (Å²) < 4.78 is 22.6. The van der Waals surface area contributed by atoms with Gasteiger partial charge in [0.2, 0.25) is 10.0 Å². The first-order valence-corrected chi connectivity index (χ1v) is 7.51. The molecule has 6 nitrogen and oxygen atoms in total. The molecule has 0 fully saturated rings. The SMILES string of the molecule is CC(Nc1ccc(S(N)(=O)=O)c(N)c1)c1cccnc1. The van der Waals surface area contributed by atoms with Crippen molar-refractivity contribution < 1.29 is 8.42 Å². The molecule has 1 aromatic heterocycles. The van der Waals surface area contributed by atoms with Crippen LogP contribution in [0.1, 0.15) is 18.5 Å². The van der Waals surface area contributed by atoms with E-state index >= 15 is 0 Å². The Balaban J connectivity index is 2.21. The van der Waals surface area contributed by atoms with Crippen LogP contribution in [0.5, 0.6) is 0 Å². The van der Waals surface area contributed by atoms with Crippen molar-refractivity contribution in [3.05, 3.63) is 48.3 Å². The van der Waals surface area contributed by atoms with Gasteiger partial charge in [0, 0.05) is 18.1 Å². The van der Waals surface area contributed by atoms with Gasteiger partial charge in [-0.25, -0.2) is 13.6 Å². The van der Waals surface area contributed by atoms with Crippen LogP contribution in [0.15, 0.2) is 47.6 Å². The van der Waals surface area contributed by atoms with Crippen molar-refractivity contribution >= 4 is 21.4 Å². The summed E-state index contributed by atoms with van der Waals surface area (Å²) in [5.41, 5.74) is 7.56. The Bertz CT molecular complexity index is 702. The van der Waals surface area contributed by atoms with Gasteiger partial charge in [-0.05, 0) is 36.8 Å². The average molecular weight is 292 g/mol. The third-order valence-corrected chi connectivity index (χ3v) is 3.87. The lowest BCUT2D eigenvalue weighted by atomic mass is 10.1. The van der Waals surface area contributed by atoms with E-state index in [9.17, 15) is 8.42 Å². The highest BCUT2D eigenvalue weighted by Crippen LogP contribution is 2.24. The third-order valence-electron chi connectivity index (χ3n) is 2.88. The van der Waals surface area contributed by atoms with Crippen molar-refractivity contribution in [2.45, 2.75) is 17.9 Å². The zero-order valence-corrected chi connectivity index (χ0v) is 11.8. The van der Waals surface area contributed by atoms with Crippen LogP contribution in [-0.2, 0) is 10.0 Å². The van der Waals surface area contributed by atoms with E-state index in [0.29, 0.717) is 5.69 Å². The molecule has 0 amide bonds. The van der Waals surface area contributed by atoms with Gasteiger partial charge >= 0.3 is 0 Å². The van der Waals surface area contributed by atoms with E-state index in [0.717, 1.165) is 5.56 Å². The summed E-state index contributed by atoms with van der Waals surface area (Å²) in [7, 11) is -3.79. The molecule has 7 heteroatoms. The van der Waals surface area contributed by atoms with E-state index in [2.05, 4.69) is 10.3 Å². The van der Waals surface area contributed by atoms with Crippen LogP contribution in [0.3, 0.4) is 0 Å². The fraction of sp³-hybridized carbons (Fsp3) is 0.154. The second-order valence-electron chi connectivity index (χ2n) is 4.45. The molecule has 1 atom stereocenters. The van der Waals surface area contributed by atoms with Gasteiger partial charge in [0.05, 0.1) is 11.7 Å². The molecule has 0 radical (unpaired) electrons. The van der Waals surface area contributed by atoms with Gasteiger partial charge in [-0.15, -0.1) is 0 Å². The quantitative estimate of drug-likeness (QED) is 0.739. The highest BCUT2D eigenvalue weighted by atomic mass is 32.2. The molecule has 1 heterocycles. The van der Waals surface area contributed by atoms with Gasteiger partial charge in [-0.3, -0.25) is 4.98 Å². The molecule has 5 N–H and O–H groups in total. The number of benzene rings is 1. The van der Waals surface area contributed by atoms with Gasteiger partial charge in [0.15, 0.2) is 0 Å². The number of rotatable bonds is 4. The first-order chi connectivity index (χ1) is 9.38. The molecule has 0 aliphatic rings. The maximum absolute atomic E-state index is 11.3. The second kappa shape index (κ2) is 5.48. The Kier molecular flexibility index (Phi) is 3.91. The minimum absolute atomic E-state index is 0.0171. The summed E-state index contributed by atoms with van der Waals surface area (Å²) in [4.78, 5) is 3.98. The Morgan fingerprint density at radius 2 is 2.05 bits per heavy atom. The largest absolute Gasteiger partial charge is 0.398 e. The number of sulfonamides is 1. The highest BCUT2D eigenvalue weighted by Gasteiger charge is 2.13. The van der Waals surface area contributed by atoms with Crippen molar-refractivity contribution in [1.29, 1.82) is 0 Å². The van der Waals surface area contributed by atoms with E-state index in [-0.39, 0.29) is 16.6 Å². The molecule has 1 aromatic carbocycles. The van der Waals surface area contributed by atoms with E-state index in [1.54, 1.807) is 24.5 Å². The van der Waals surface area contributed by atoms with Crippen LogP contribution in [-0.4, -0.2) is 13.4 Å². The number of nitrogens with zero attached hydrogens (tertiary/aromatic N) is 1. The maximum Gasteiger partial charge on any atom is 0.240 e. The fourth-order valence-electron chi connectivity index (χ4n) is 1.86. The standard InChI is InChI=1S/C13H16N4O2S/c1-9(10-3-2-6-16-8-10)17-11-4-5-13(12(14)7-11)20(15,18)19/h2-9,17H,14H2,1H3,(H2,15,18,19). The summed E-state index contributed by atoms with van der Waals surface area (Å²) in [5.74, 6) is 0. The number of hydrogen-bond acceptors (Lipinski definition) is 5. The number of hydrogen-bond donors (Lipinski definition) is 3. The zero-order chi connectivity index (χ0) is 14.8. The highest BCUT2D eigenvalue weighted by molar-refractivity contribution is 7.89. The van der Waals surface area contributed by atoms with Gasteiger partial charge in [-0.1, -0.05) is 6.07 Å². The minimum atomic E-state index is -3.79. The average Bonchev–Trinajstić information content (AvgIpc) is 2.38. The number of nitrogen functional groups attached to an aromatic ring is 1. The minimum Gasteiger partial charge on any atom is -0.398 e. The van der Waals surface area contributed by atoms with Gasteiger partial charge in [-0.2, -0.15) is 0 Å². The smallest absolute Gasteiger partial charge is 0.240 e. The van der Waals surface area contributed by atoms with Gasteiger partial charge < -0.3 is 11.1 Å². The fourth-order valence-corrected chi connectivity index (χ4v) is 2.51. The molecule has 2 aromatic rings. The molecule has 0 aliphatic heterocycles. The summed E-state index contributed by atoms with van der Waals surface area (Å²) in [6.45, 7) is 1.97. The first-order valence-electron chi connectivity index (χ1n) is 5.96. The first kappa shape index (κ1) is 14.3. The lowest BCUT2D eigenvalue weighted by molar-refractivity contribution is 0.598. The Morgan fingerprint density at radius 3 is 2.60 bits per heavy atom. The summed E-state index contributed by atoms with van der Waals surface area (Å²) in [5, 5.41) is 8.29. The number of primary sulfonamides is 1. The molecule has 1 unspecified atom stereocenters. The van der Waals surface area contributed by atoms with Gasteiger partial charge in [0.1, 0.15) is 4.90 Å². The number of nitrogens with one attached hydrogen (secondary N) is 1. The van der Waals surface area contributed by atoms with Crippen molar-refractivity contribution in [2.75, 3.05) is 11.1 Å². The Morgan fingerprint density at radius 1 is 1.30 bits per heavy atom. The molecule has 0 saturated carbocycles. The van der Waals surface area contributed by atoms with Crippen LogP contribution in [0, 0.1) is 0 Å². The van der Waals surface area contributed by atoms with Crippen LogP contribution < -0.4 is 16.2 Å². The molecular formula is C13H16N4O2S. The topological polar surface area (TPSA) is 111 Å². The van der Waals surface area contributed by atoms with Crippen LogP contribution in [0.2, 0.25) is 0 Å². The Labute approximate surface area is 117 Å². The van der Waals surface area contributed by atoms with E-state index in [1.807, 2.05) is 19.1 Å². The lowest BCUT2D eigenvalue weighted by Gasteiger charge is -2.16. The van der Waals surface area contributed by atoms with E-state index < -0.39 is 10.0 Å². The molecule has 0 bridgehead atoms. The normalized spacial score (nSPS) is 12.9. The van der Waals surface area contributed by atoms with Crippen LogP contribution in [0.25, 0.3) is 0 Å². The number of nitrogens with two attached hydrogens (primary N) is 2. The molecule has 0 aliphatic carbocycles. The predicted molar refractivity (Wildman–Crippen MR) is 78.5 cm³/mol. The Hall–Kier alpha value is -2.12. The molecule has 20 heavy (non-hydrogen) atoms. The van der Waals surface area contributed by atoms with E-state index in [4.69, 9.17) is 10.9 Å². The number of anilines is 2. The summed E-state index contributed by atoms with van der Waals surface area (Å²) >= 11 is 0. The predicted octanol–water partition coefficient (Wildman–Crippen LogP) is 1.48. The summed E-state index contributed by atoms with van der Waals surface area (Å²) in [6.07, 6.45) is 3.47. The number of aromatic nitrogens is 1. The van der Waals surface area contributed by atoms with Crippen molar-refractivity contribution in [1.82, 2.24) is 4.98 Å².